The Balaban J connectivity index is 2.16. The second-order valence-electron chi connectivity index (χ2n) is 3.93. The monoisotopic (exact) mass is 298 g/mol. The maximum atomic E-state index is 12.9. The van der Waals surface area contributed by atoms with Crippen molar-refractivity contribution in [2.45, 2.75) is 0 Å². The van der Waals surface area contributed by atoms with E-state index in [9.17, 15) is 27.2 Å². The van der Waals surface area contributed by atoms with E-state index in [2.05, 4.69) is 4.74 Å². The van der Waals surface area contributed by atoms with Crippen LogP contribution in [-0.4, -0.2) is 11.9 Å². The molecule has 21 heavy (non-hydrogen) atoms. The minimum Gasteiger partial charge on any atom is -0.386 e. The van der Waals surface area contributed by atoms with Crippen LogP contribution in [0.1, 0.15) is 20.7 Å². The molecule has 0 N–H and O–H groups in total. The highest BCUT2D eigenvalue weighted by atomic mass is 19.2. The van der Waals surface area contributed by atoms with Gasteiger partial charge in [0.15, 0.2) is 23.3 Å². The molecular weight excluding hydrogens is 292 g/mol. The van der Waals surface area contributed by atoms with Gasteiger partial charge in [-0.3, -0.25) is 0 Å². The molecule has 3 nitrogen and oxygen atoms in total. The fraction of sp³-hybridized carbons (Fsp3) is 0. The zero-order valence-corrected chi connectivity index (χ0v) is 10.2. The lowest BCUT2D eigenvalue weighted by Crippen LogP contribution is -2.13. The molecule has 0 heterocycles. The highest BCUT2D eigenvalue weighted by Crippen LogP contribution is 2.13. The summed E-state index contributed by atoms with van der Waals surface area (Å²) in [5, 5.41) is 0. The van der Waals surface area contributed by atoms with Gasteiger partial charge in [0, 0.05) is 0 Å². The van der Waals surface area contributed by atoms with Gasteiger partial charge >= 0.3 is 11.9 Å². The number of benzene rings is 2. The lowest BCUT2D eigenvalue weighted by molar-refractivity contribution is 0.0397. The molecule has 0 unspecified atom stereocenters. The molecule has 0 amide bonds. The van der Waals surface area contributed by atoms with Crippen LogP contribution in [0.3, 0.4) is 0 Å². The molecule has 0 saturated carbocycles. The van der Waals surface area contributed by atoms with Crippen LogP contribution < -0.4 is 0 Å². The van der Waals surface area contributed by atoms with Gasteiger partial charge in [0.1, 0.15) is 0 Å². The van der Waals surface area contributed by atoms with Gasteiger partial charge in [-0.2, -0.15) is 0 Å². The Morgan fingerprint density at radius 3 is 1.38 bits per heavy atom. The van der Waals surface area contributed by atoms with Crippen molar-refractivity contribution in [3.8, 4) is 0 Å². The largest absolute Gasteiger partial charge is 0.386 e. The Hall–Kier alpha value is -2.70. The van der Waals surface area contributed by atoms with Crippen molar-refractivity contribution in [3.63, 3.8) is 0 Å². The number of esters is 2. The number of carbonyl (C=O) groups is 2. The van der Waals surface area contributed by atoms with E-state index in [1.54, 1.807) is 0 Å². The van der Waals surface area contributed by atoms with Gasteiger partial charge in [0.2, 0.25) is 0 Å². The summed E-state index contributed by atoms with van der Waals surface area (Å²) < 4.78 is 55.6. The maximum absolute atomic E-state index is 12.9. The molecule has 0 radical (unpaired) electrons. The molecule has 2 rings (SSSR count). The summed E-state index contributed by atoms with van der Waals surface area (Å²) in [5.74, 6) is -7.40. The SMILES string of the molecule is O=C(OC(=O)c1ccc(F)c(F)c1)c1ccc(F)c(F)c1. The predicted octanol–water partition coefficient (Wildman–Crippen LogP) is 3.24. The minimum atomic E-state index is -1.29. The fourth-order valence-electron chi connectivity index (χ4n) is 1.45. The van der Waals surface area contributed by atoms with Gasteiger partial charge in [-0.1, -0.05) is 0 Å². The topological polar surface area (TPSA) is 43.4 Å². The van der Waals surface area contributed by atoms with Gasteiger partial charge < -0.3 is 4.74 Å². The average Bonchev–Trinajstić information content (AvgIpc) is 2.44. The number of halogens is 4. The van der Waals surface area contributed by atoms with E-state index in [0.29, 0.717) is 24.3 Å². The lowest BCUT2D eigenvalue weighted by atomic mass is 10.2. The van der Waals surface area contributed by atoms with Crippen LogP contribution in [0.4, 0.5) is 17.6 Å². The zero-order valence-electron chi connectivity index (χ0n) is 10.2. The molecule has 2 aromatic rings. The van der Waals surface area contributed by atoms with Gasteiger partial charge in [-0.15, -0.1) is 0 Å². The van der Waals surface area contributed by atoms with Crippen molar-refractivity contribution in [2.75, 3.05) is 0 Å². The van der Waals surface area contributed by atoms with Crippen LogP contribution in [0, 0.1) is 23.3 Å². The van der Waals surface area contributed by atoms with Crippen LogP contribution >= 0.6 is 0 Å². The van der Waals surface area contributed by atoms with Crippen molar-refractivity contribution in [1.82, 2.24) is 0 Å². The van der Waals surface area contributed by atoms with Crippen LogP contribution in [0.2, 0.25) is 0 Å². The summed E-state index contributed by atoms with van der Waals surface area (Å²) in [6, 6.07) is 4.31. The molecule has 0 aliphatic carbocycles. The second-order valence-corrected chi connectivity index (χ2v) is 3.93. The number of hydrogen-bond acceptors (Lipinski definition) is 3. The number of rotatable bonds is 2. The van der Waals surface area contributed by atoms with Crippen LogP contribution in [0.15, 0.2) is 36.4 Å². The number of hydrogen-bond donors (Lipinski definition) is 0. The van der Waals surface area contributed by atoms with E-state index in [4.69, 9.17) is 0 Å². The molecule has 2 aromatic carbocycles. The van der Waals surface area contributed by atoms with Gasteiger partial charge in [-0.05, 0) is 36.4 Å². The van der Waals surface area contributed by atoms with Crippen molar-refractivity contribution < 1.29 is 31.9 Å². The number of ether oxygens (including phenoxy) is 1. The van der Waals surface area contributed by atoms with Crippen molar-refractivity contribution >= 4 is 11.9 Å². The fourth-order valence-corrected chi connectivity index (χ4v) is 1.45. The molecule has 0 aliphatic rings. The van der Waals surface area contributed by atoms with E-state index in [0.717, 1.165) is 12.1 Å². The molecule has 0 aliphatic heterocycles. The van der Waals surface area contributed by atoms with E-state index in [1.807, 2.05) is 0 Å². The van der Waals surface area contributed by atoms with Crippen molar-refractivity contribution in [1.29, 1.82) is 0 Å². The van der Waals surface area contributed by atoms with Crippen molar-refractivity contribution in [3.05, 3.63) is 70.8 Å². The first-order chi connectivity index (χ1) is 9.88. The predicted molar refractivity (Wildman–Crippen MR) is 62.5 cm³/mol. The zero-order chi connectivity index (χ0) is 15.6. The molecule has 0 spiro atoms. The van der Waals surface area contributed by atoms with Crippen molar-refractivity contribution in [2.24, 2.45) is 0 Å². The Morgan fingerprint density at radius 1 is 0.667 bits per heavy atom. The first-order valence-corrected chi connectivity index (χ1v) is 5.55. The highest BCUT2D eigenvalue weighted by molar-refractivity contribution is 6.02. The molecule has 0 fully saturated rings. The standard InChI is InChI=1S/C14H6F4O3/c15-9-3-1-7(5-11(9)17)13(19)21-14(20)8-2-4-10(16)12(18)6-8/h1-6H. The number of carbonyl (C=O) groups excluding carboxylic acids is 2. The molecule has 0 aromatic heterocycles. The van der Waals surface area contributed by atoms with E-state index < -0.39 is 46.3 Å². The smallest absolute Gasteiger partial charge is 0.346 e. The minimum absolute atomic E-state index is 0.398. The molecular formula is C14H6F4O3. The summed E-state index contributed by atoms with van der Waals surface area (Å²) in [6.07, 6.45) is 0. The van der Waals surface area contributed by atoms with Crippen LogP contribution in [0.25, 0.3) is 0 Å². The van der Waals surface area contributed by atoms with E-state index in [-0.39, 0.29) is 0 Å². The van der Waals surface area contributed by atoms with Gasteiger partial charge in [0.05, 0.1) is 11.1 Å². The summed E-state index contributed by atoms with van der Waals surface area (Å²) in [5.41, 5.74) is -0.797. The van der Waals surface area contributed by atoms with E-state index >= 15 is 0 Å². The lowest BCUT2D eigenvalue weighted by Gasteiger charge is -2.04. The third-order valence-electron chi connectivity index (χ3n) is 2.50. The van der Waals surface area contributed by atoms with Crippen LogP contribution in [-0.2, 0) is 4.74 Å². The van der Waals surface area contributed by atoms with E-state index in [1.165, 1.54) is 0 Å². The van der Waals surface area contributed by atoms with Gasteiger partial charge in [0.25, 0.3) is 0 Å². The molecule has 108 valence electrons. The Bertz CT molecular complexity index is 667. The van der Waals surface area contributed by atoms with Crippen LogP contribution in [0.5, 0.6) is 0 Å². The molecule has 7 heteroatoms. The summed E-state index contributed by atoms with van der Waals surface area (Å²) in [6.45, 7) is 0. The Morgan fingerprint density at radius 2 is 1.05 bits per heavy atom. The summed E-state index contributed by atoms with van der Waals surface area (Å²) in [4.78, 5) is 23.1. The average molecular weight is 298 g/mol. The highest BCUT2D eigenvalue weighted by Gasteiger charge is 2.17. The Labute approximate surface area is 115 Å². The molecule has 0 atom stereocenters. The summed E-state index contributed by atoms with van der Waals surface area (Å²) in [7, 11) is 0. The molecule has 0 bridgehead atoms. The third kappa shape index (κ3) is 3.25. The van der Waals surface area contributed by atoms with Gasteiger partial charge in [-0.25, -0.2) is 27.2 Å². The third-order valence-corrected chi connectivity index (χ3v) is 2.50. The summed E-state index contributed by atoms with van der Waals surface area (Å²) >= 11 is 0. The maximum Gasteiger partial charge on any atom is 0.346 e. The normalized spacial score (nSPS) is 10.3. The first kappa shape index (κ1) is 14.7. The second kappa shape index (κ2) is 5.74. The first-order valence-electron chi connectivity index (χ1n) is 5.55. The Kier molecular flexibility index (Phi) is 4.02. The quantitative estimate of drug-likeness (QED) is 0.485. The molecule has 0 saturated heterocycles.